The molecule has 25 heavy (non-hydrogen) atoms. The fourth-order valence-corrected chi connectivity index (χ4v) is 3.74. The lowest BCUT2D eigenvalue weighted by Gasteiger charge is -2.23. The molecule has 0 fully saturated rings. The van der Waals surface area contributed by atoms with Crippen molar-refractivity contribution in [3.05, 3.63) is 12.1 Å². The molecular weight excluding hydrogens is 344 g/mol. The molecule has 8 nitrogen and oxygen atoms in total. The minimum Gasteiger partial charge on any atom is -0.459 e. The molecular formula is C16H28N4O4S. The highest BCUT2D eigenvalue weighted by Crippen LogP contribution is 2.33. The molecule has 1 aromatic rings. The Balaban J connectivity index is 3.24. The van der Waals surface area contributed by atoms with Crippen LogP contribution in [0.25, 0.3) is 0 Å². The first-order valence-electron chi connectivity index (χ1n) is 7.91. The Morgan fingerprint density at radius 3 is 1.88 bits per heavy atom. The number of esters is 1. The number of nitrogens with one attached hydrogen (secondary N) is 4. The Kier molecular flexibility index (Phi) is 6.67. The molecule has 0 radical (unpaired) electrons. The minimum atomic E-state index is -3.97. The van der Waals surface area contributed by atoms with Gasteiger partial charge in [-0.15, -0.1) is 0 Å². The third-order valence-corrected chi connectivity index (χ3v) is 4.92. The summed E-state index contributed by atoms with van der Waals surface area (Å²) in [5.74, 6) is -0.639. The van der Waals surface area contributed by atoms with Crippen LogP contribution in [0, 0.1) is 0 Å². The van der Waals surface area contributed by atoms with Gasteiger partial charge in [0.25, 0.3) is 0 Å². The van der Waals surface area contributed by atoms with Crippen molar-refractivity contribution >= 4 is 33.1 Å². The highest BCUT2D eigenvalue weighted by molar-refractivity contribution is 7.89. The van der Waals surface area contributed by atoms with E-state index in [2.05, 4.69) is 20.7 Å². The van der Waals surface area contributed by atoms with Gasteiger partial charge in [-0.05, 0) is 39.8 Å². The largest absolute Gasteiger partial charge is 0.459 e. The summed E-state index contributed by atoms with van der Waals surface area (Å²) in [6, 6.07) is 2.32. The maximum Gasteiger partial charge on any atom is 0.324 e. The molecule has 4 N–H and O–H groups in total. The highest BCUT2D eigenvalue weighted by Gasteiger charge is 2.29. The van der Waals surface area contributed by atoms with E-state index in [1.165, 1.54) is 6.92 Å². The highest BCUT2D eigenvalue weighted by atomic mass is 32.2. The number of carbonyl (C=O) groups is 1. The maximum atomic E-state index is 12.9. The fraction of sp³-hybridized carbons (Fsp3) is 0.562. The van der Waals surface area contributed by atoms with Crippen molar-refractivity contribution in [2.75, 3.05) is 37.1 Å². The average Bonchev–Trinajstić information content (AvgIpc) is 2.51. The van der Waals surface area contributed by atoms with Gasteiger partial charge in [0.1, 0.15) is 16.5 Å². The van der Waals surface area contributed by atoms with Crippen molar-refractivity contribution in [3.63, 3.8) is 0 Å². The Bertz CT molecular complexity index is 701. The molecule has 0 aromatic heterocycles. The van der Waals surface area contributed by atoms with E-state index in [4.69, 9.17) is 4.74 Å². The van der Waals surface area contributed by atoms with Crippen molar-refractivity contribution in [2.24, 2.45) is 0 Å². The second-order valence-corrected chi connectivity index (χ2v) is 8.18. The summed E-state index contributed by atoms with van der Waals surface area (Å²) >= 11 is 0. The van der Waals surface area contributed by atoms with Crippen LogP contribution in [0.1, 0.15) is 27.7 Å². The van der Waals surface area contributed by atoms with Crippen molar-refractivity contribution in [3.8, 4) is 0 Å². The Morgan fingerprint density at radius 2 is 1.52 bits per heavy atom. The predicted molar refractivity (Wildman–Crippen MR) is 101 cm³/mol. The molecule has 1 aromatic carbocycles. The number of carbonyl (C=O) groups excluding carboxylic acids is 1. The number of rotatable bonds is 7. The van der Waals surface area contributed by atoms with Gasteiger partial charge in [-0.2, -0.15) is 4.72 Å². The molecule has 1 atom stereocenters. The van der Waals surface area contributed by atoms with Crippen LogP contribution in [0.5, 0.6) is 0 Å². The van der Waals surface area contributed by atoms with E-state index in [0.29, 0.717) is 11.4 Å². The maximum absolute atomic E-state index is 12.9. The van der Waals surface area contributed by atoms with Crippen LogP contribution >= 0.6 is 0 Å². The molecule has 1 rings (SSSR count). The minimum absolute atomic E-state index is 0.0342. The van der Waals surface area contributed by atoms with Crippen molar-refractivity contribution in [1.29, 1.82) is 0 Å². The van der Waals surface area contributed by atoms with E-state index in [-0.39, 0.29) is 4.90 Å². The number of benzene rings is 1. The van der Waals surface area contributed by atoms with Crippen molar-refractivity contribution < 1.29 is 17.9 Å². The van der Waals surface area contributed by atoms with Gasteiger partial charge >= 0.3 is 5.97 Å². The van der Waals surface area contributed by atoms with Crippen molar-refractivity contribution in [2.45, 2.75) is 44.2 Å². The van der Waals surface area contributed by atoms with Gasteiger partial charge in [0, 0.05) is 26.8 Å². The van der Waals surface area contributed by atoms with Gasteiger partial charge in [-0.25, -0.2) is 8.42 Å². The van der Waals surface area contributed by atoms with E-state index in [9.17, 15) is 13.2 Å². The molecule has 0 bridgehead atoms. The number of sulfonamides is 1. The van der Waals surface area contributed by atoms with Gasteiger partial charge in [-0.1, -0.05) is 0 Å². The Hall–Kier alpha value is -2.00. The molecule has 0 amide bonds. The second-order valence-electron chi connectivity index (χ2n) is 6.53. The first-order valence-corrected chi connectivity index (χ1v) is 9.40. The van der Waals surface area contributed by atoms with Crippen LogP contribution in [0.2, 0.25) is 0 Å². The SMILES string of the molecule is CNc1cc(NC)c(S(=O)(=O)NC(C)C(=O)OC(C)(C)C)c(NC)c1. The van der Waals surface area contributed by atoms with Crippen LogP contribution < -0.4 is 20.7 Å². The molecule has 0 aliphatic rings. The van der Waals surface area contributed by atoms with E-state index < -0.39 is 27.6 Å². The lowest BCUT2D eigenvalue weighted by Crippen LogP contribution is -2.42. The topological polar surface area (TPSA) is 109 Å². The summed E-state index contributed by atoms with van der Waals surface area (Å²) in [7, 11) is 1.03. The van der Waals surface area contributed by atoms with Crippen LogP contribution in [-0.4, -0.2) is 47.2 Å². The third kappa shape index (κ3) is 5.50. The summed E-state index contributed by atoms with van der Waals surface area (Å²) in [6.07, 6.45) is 0. The molecule has 0 saturated heterocycles. The normalized spacial score (nSPS) is 13.1. The molecule has 142 valence electrons. The predicted octanol–water partition coefficient (Wildman–Crippen LogP) is 1.82. The number of hydrogen-bond acceptors (Lipinski definition) is 7. The molecule has 0 heterocycles. The Morgan fingerprint density at radius 1 is 1.04 bits per heavy atom. The van der Waals surface area contributed by atoms with Gasteiger partial charge < -0.3 is 20.7 Å². The third-order valence-electron chi connectivity index (χ3n) is 3.28. The zero-order valence-electron chi connectivity index (χ0n) is 15.8. The summed E-state index contributed by atoms with van der Waals surface area (Å²) < 4.78 is 33.3. The molecule has 0 aliphatic heterocycles. The molecule has 1 unspecified atom stereocenters. The summed E-state index contributed by atoms with van der Waals surface area (Å²) in [4.78, 5) is 12.1. The second kappa shape index (κ2) is 7.92. The van der Waals surface area contributed by atoms with E-state index >= 15 is 0 Å². The van der Waals surface area contributed by atoms with Crippen LogP contribution in [0.15, 0.2) is 17.0 Å². The standard InChI is InChI=1S/C16H28N4O4S/c1-10(15(21)24-16(2,3)4)20-25(22,23)14-12(18-6)8-11(17-5)9-13(14)19-7/h8-10,17-20H,1-7H3. The smallest absolute Gasteiger partial charge is 0.324 e. The van der Waals surface area contributed by atoms with Crippen LogP contribution in [0.4, 0.5) is 17.1 Å². The lowest BCUT2D eigenvalue weighted by molar-refractivity contribution is -0.156. The monoisotopic (exact) mass is 372 g/mol. The average molecular weight is 372 g/mol. The van der Waals surface area contributed by atoms with E-state index in [1.807, 2.05) is 0 Å². The number of hydrogen-bond donors (Lipinski definition) is 4. The molecule has 0 saturated carbocycles. The summed E-state index contributed by atoms with van der Waals surface area (Å²) in [5, 5.41) is 8.72. The van der Waals surface area contributed by atoms with Crippen LogP contribution in [0.3, 0.4) is 0 Å². The van der Waals surface area contributed by atoms with E-state index in [1.54, 1.807) is 54.0 Å². The lowest BCUT2D eigenvalue weighted by atomic mass is 10.2. The first kappa shape index (κ1) is 21.0. The van der Waals surface area contributed by atoms with E-state index in [0.717, 1.165) is 5.69 Å². The van der Waals surface area contributed by atoms with Gasteiger partial charge in [0.05, 0.1) is 11.4 Å². The quantitative estimate of drug-likeness (QED) is 0.541. The van der Waals surface area contributed by atoms with Crippen molar-refractivity contribution in [1.82, 2.24) is 4.72 Å². The zero-order valence-corrected chi connectivity index (χ0v) is 16.6. The summed E-state index contributed by atoms with van der Waals surface area (Å²) in [6.45, 7) is 6.62. The van der Waals surface area contributed by atoms with Gasteiger partial charge in [-0.3, -0.25) is 4.79 Å². The zero-order chi connectivity index (χ0) is 19.4. The Labute approximate surface area is 149 Å². The molecule has 9 heteroatoms. The first-order chi connectivity index (χ1) is 11.4. The number of ether oxygens (including phenoxy) is 1. The summed E-state index contributed by atoms with van der Waals surface area (Å²) in [5.41, 5.74) is 0.852. The molecule has 0 spiro atoms. The van der Waals surface area contributed by atoms with Gasteiger partial charge in [0.2, 0.25) is 10.0 Å². The number of anilines is 3. The fourth-order valence-electron chi connectivity index (χ4n) is 2.16. The van der Waals surface area contributed by atoms with Crippen LogP contribution in [-0.2, 0) is 19.6 Å². The molecule has 0 aliphatic carbocycles. The van der Waals surface area contributed by atoms with Gasteiger partial charge in [0.15, 0.2) is 0 Å².